The Morgan fingerprint density at radius 2 is 2.00 bits per heavy atom. The fourth-order valence-electron chi connectivity index (χ4n) is 3.46. The van der Waals surface area contributed by atoms with E-state index in [1.54, 1.807) is 13.0 Å². The van der Waals surface area contributed by atoms with E-state index < -0.39 is 5.91 Å². The smallest absolute Gasteiger partial charge is 0.269 e. The zero-order valence-electron chi connectivity index (χ0n) is 13.9. The molecule has 1 fully saturated rings. The summed E-state index contributed by atoms with van der Waals surface area (Å²) >= 11 is 0. The monoisotopic (exact) mass is 329 g/mol. The lowest BCUT2D eigenvalue weighted by molar-refractivity contribution is -0.118. The number of benzene rings is 1. The second-order valence-corrected chi connectivity index (χ2v) is 6.24. The van der Waals surface area contributed by atoms with E-state index in [2.05, 4.69) is 5.10 Å². The Morgan fingerprint density at radius 3 is 2.62 bits per heavy atom. The van der Waals surface area contributed by atoms with E-state index in [0.29, 0.717) is 11.1 Å². The number of fused-ring (bicyclic) bond motifs is 1. The van der Waals surface area contributed by atoms with Crippen LogP contribution in [0.1, 0.15) is 62.0 Å². The van der Waals surface area contributed by atoms with Gasteiger partial charge in [-0.25, -0.2) is 10.9 Å². The number of nitrogens with two attached hydrogens (primary N) is 2. The summed E-state index contributed by atoms with van der Waals surface area (Å²) in [4.78, 5) is 23.9. The first-order valence-electron chi connectivity index (χ1n) is 8.43. The van der Waals surface area contributed by atoms with Crippen molar-refractivity contribution in [3.8, 4) is 0 Å². The van der Waals surface area contributed by atoms with Crippen LogP contribution >= 0.6 is 0 Å². The standard InChI is InChI=1S/C17H23N5O2/c1-2-14(23)21(19)12-9-6-10-13-15(12)16(17(18)24)20-22(13)11-7-4-3-5-8-11/h6,9-11H,2-5,7-8,19H2,1H3,(H2,18,24). The highest BCUT2D eigenvalue weighted by Crippen LogP contribution is 2.35. The van der Waals surface area contributed by atoms with Gasteiger partial charge in [0.25, 0.3) is 5.91 Å². The largest absolute Gasteiger partial charge is 0.364 e. The van der Waals surface area contributed by atoms with E-state index in [1.165, 1.54) is 6.42 Å². The van der Waals surface area contributed by atoms with E-state index in [4.69, 9.17) is 11.6 Å². The minimum Gasteiger partial charge on any atom is -0.364 e. The number of hydrazine groups is 1. The molecule has 7 nitrogen and oxygen atoms in total. The van der Waals surface area contributed by atoms with Crippen molar-refractivity contribution in [3.05, 3.63) is 23.9 Å². The number of aromatic nitrogens is 2. The van der Waals surface area contributed by atoms with E-state index >= 15 is 0 Å². The Morgan fingerprint density at radius 1 is 1.29 bits per heavy atom. The first-order chi connectivity index (χ1) is 11.5. The number of nitrogens with zero attached hydrogens (tertiary/aromatic N) is 3. The highest BCUT2D eigenvalue weighted by Gasteiger charge is 2.25. The third kappa shape index (κ3) is 2.75. The summed E-state index contributed by atoms with van der Waals surface area (Å²) in [6.07, 6.45) is 5.85. The molecule has 3 rings (SSSR count). The average molecular weight is 329 g/mol. The quantitative estimate of drug-likeness (QED) is 0.509. The molecule has 1 saturated carbocycles. The fraction of sp³-hybridized carbons (Fsp3) is 0.471. The molecule has 0 atom stereocenters. The molecule has 0 radical (unpaired) electrons. The molecule has 24 heavy (non-hydrogen) atoms. The SMILES string of the molecule is CCC(=O)N(N)c1cccc2c1c(C(N)=O)nn2C1CCCCC1. The third-order valence-electron chi connectivity index (χ3n) is 4.70. The van der Waals surface area contributed by atoms with E-state index in [0.717, 1.165) is 36.2 Å². The van der Waals surface area contributed by atoms with Crippen molar-refractivity contribution in [1.82, 2.24) is 9.78 Å². The summed E-state index contributed by atoms with van der Waals surface area (Å²) in [6.45, 7) is 1.74. The Bertz CT molecular complexity index is 777. The van der Waals surface area contributed by atoms with Crippen LogP contribution in [0.3, 0.4) is 0 Å². The van der Waals surface area contributed by atoms with Crippen LogP contribution in [0.4, 0.5) is 5.69 Å². The van der Waals surface area contributed by atoms with E-state index in [1.807, 2.05) is 16.8 Å². The summed E-state index contributed by atoms with van der Waals surface area (Å²) in [5.41, 5.74) is 6.98. The lowest BCUT2D eigenvalue weighted by Crippen LogP contribution is -2.37. The predicted molar refractivity (Wildman–Crippen MR) is 92.3 cm³/mol. The number of carbonyl (C=O) groups is 2. The zero-order valence-corrected chi connectivity index (χ0v) is 13.9. The van der Waals surface area contributed by atoms with Crippen molar-refractivity contribution < 1.29 is 9.59 Å². The first kappa shape index (κ1) is 16.4. The molecule has 2 aromatic rings. The van der Waals surface area contributed by atoms with Crippen LogP contribution in [-0.4, -0.2) is 21.6 Å². The molecule has 1 aliphatic rings. The number of hydrogen-bond donors (Lipinski definition) is 2. The molecule has 2 amide bonds. The highest BCUT2D eigenvalue weighted by molar-refractivity contribution is 6.12. The Balaban J connectivity index is 2.19. The lowest BCUT2D eigenvalue weighted by Gasteiger charge is -2.23. The molecule has 4 N–H and O–H groups in total. The van der Waals surface area contributed by atoms with Crippen LogP contribution in [0.25, 0.3) is 10.9 Å². The van der Waals surface area contributed by atoms with Crippen LogP contribution in [0.2, 0.25) is 0 Å². The maximum Gasteiger partial charge on any atom is 0.269 e. The van der Waals surface area contributed by atoms with Gasteiger partial charge in [0.05, 0.1) is 22.6 Å². The molecular formula is C17H23N5O2. The number of primary amides is 1. The van der Waals surface area contributed by atoms with Gasteiger partial charge in [0.1, 0.15) is 0 Å². The Hall–Kier alpha value is -2.41. The predicted octanol–water partition coefficient (Wildman–Crippen LogP) is 2.26. The average Bonchev–Trinajstić information content (AvgIpc) is 3.01. The van der Waals surface area contributed by atoms with Crippen molar-refractivity contribution in [2.45, 2.75) is 51.5 Å². The van der Waals surface area contributed by atoms with Crippen LogP contribution in [-0.2, 0) is 4.79 Å². The Kier molecular flexibility index (Phi) is 4.53. The molecule has 0 saturated heterocycles. The van der Waals surface area contributed by atoms with Crippen molar-refractivity contribution in [1.29, 1.82) is 0 Å². The molecule has 7 heteroatoms. The number of anilines is 1. The van der Waals surface area contributed by atoms with Gasteiger partial charge < -0.3 is 5.73 Å². The first-order valence-corrected chi connectivity index (χ1v) is 8.43. The van der Waals surface area contributed by atoms with Crippen LogP contribution in [0, 0.1) is 0 Å². The highest BCUT2D eigenvalue weighted by atomic mass is 16.2. The van der Waals surface area contributed by atoms with Crippen LogP contribution in [0.15, 0.2) is 18.2 Å². The summed E-state index contributed by atoms with van der Waals surface area (Å²) in [5.74, 6) is 5.12. The normalized spacial score (nSPS) is 15.6. The molecule has 0 bridgehead atoms. The van der Waals surface area contributed by atoms with Gasteiger partial charge >= 0.3 is 0 Å². The molecule has 1 aromatic carbocycles. The summed E-state index contributed by atoms with van der Waals surface area (Å²) < 4.78 is 1.89. The minimum atomic E-state index is -0.612. The molecule has 1 heterocycles. The molecule has 1 aromatic heterocycles. The molecular weight excluding hydrogens is 306 g/mol. The van der Waals surface area contributed by atoms with Crippen molar-refractivity contribution in [2.75, 3.05) is 5.01 Å². The van der Waals surface area contributed by atoms with Gasteiger partial charge in [-0.3, -0.25) is 14.3 Å². The van der Waals surface area contributed by atoms with Gasteiger partial charge in [0.15, 0.2) is 5.69 Å². The maximum atomic E-state index is 12.0. The molecule has 0 aliphatic heterocycles. The molecule has 128 valence electrons. The molecule has 1 aliphatic carbocycles. The maximum absolute atomic E-state index is 12.0. The van der Waals surface area contributed by atoms with Crippen molar-refractivity contribution in [2.24, 2.45) is 11.6 Å². The summed E-state index contributed by atoms with van der Waals surface area (Å²) in [5, 5.41) is 6.13. The fourth-order valence-corrected chi connectivity index (χ4v) is 3.46. The molecule has 0 spiro atoms. The van der Waals surface area contributed by atoms with Gasteiger partial charge in [0.2, 0.25) is 5.91 Å². The van der Waals surface area contributed by atoms with Gasteiger partial charge in [-0.1, -0.05) is 32.3 Å². The topological polar surface area (TPSA) is 107 Å². The summed E-state index contributed by atoms with van der Waals surface area (Å²) in [7, 11) is 0. The van der Waals surface area contributed by atoms with Gasteiger partial charge in [0, 0.05) is 6.42 Å². The second-order valence-electron chi connectivity index (χ2n) is 6.24. The second kappa shape index (κ2) is 6.60. The molecule has 0 unspecified atom stereocenters. The van der Waals surface area contributed by atoms with Gasteiger partial charge in [-0.2, -0.15) is 5.10 Å². The van der Waals surface area contributed by atoms with E-state index in [9.17, 15) is 9.59 Å². The van der Waals surface area contributed by atoms with Crippen LogP contribution in [0.5, 0.6) is 0 Å². The lowest BCUT2D eigenvalue weighted by atomic mass is 9.95. The minimum absolute atomic E-state index is 0.172. The third-order valence-corrected chi connectivity index (χ3v) is 4.70. The number of amides is 2. The van der Waals surface area contributed by atoms with Crippen molar-refractivity contribution >= 4 is 28.4 Å². The van der Waals surface area contributed by atoms with Crippen LogP contribution < -0.4 is 16.6 Å². The van der Waals surface area contributed by atoms with Gasteiger partial charge in [-0.15, -0.1) is 0 Å². The number of carbonyl (C=O) groups excluding carboxylic acids is 2. The van der Waals surface area contributed by atoms with Gasteiger partial charge in [-0.05, 0) is 25.0 Å². The summed E-state index contributed by atoms with van der Waals surface area (Å²) in [6, 6.07) is 5.69. The van der Waals surface area contributed by atoms with Crippen molar-refractivity contribution in [3.63, 3.8) is 0 Å². The zero-order chi connectivity index (χ0) is 17.3. The van der Waals surface area contributed by atoms with E-state index in [-0.39, 0.29) is 24.1 Å². The Labute approximate surface area is 140 Å². The number of hydrogen-bond acceptors (Lipinski definition) is 4. The number of rotatable bonds is 4.